The van der Waals surface area contributed by atoms with Gasteiger partial charge in [-0.3, -0.25) is 4.68 Å². The van der Waals surface area contributed by atoms with Gasteiger partial charge < -0.3 is 0 Å². The number of fused-ring (bicyclic) bond motifs is 1. The van der Waals surface area contributed by atoms with Crippen molar-refractivity contribution >= 4 is 13.3 Å². The number of aromatic nitrogens is 2. The molecule has 0 N–H and O–H groups in total. The number of halogens is 1. The van der Waals surface area contributed by atoms with Gasteiger partial charge in [0.15, 0.2) is 0 Å². The molecule has 1 aromatic carbocycles. The third-order valence-corrected chi connectivity index (χ3v) is 3.47. The van der Waals surface area contributed by atoms with E-state index in [9.17, 15) is 4.39 Å². The first kappa shape index (κ1) is 10.6. The summed E-state index contributed by atoms with van der Waals surface area (Å²) in [6.07, 6.45) is 3.56. The predicted octanol–water partition coefficient (Wildman–Crippen LogP) is 1.28. The van der Waals surface area contributed by atoms with E-state index in [-0.39, 0.29) is 5.82 Å². The summed E-state index contributed by atoms with van der Waals surface area (Å²) in [7, 11) is 2.11. The van der Waals surface area contributed by atoms with Crippen molar-refractivity contribution in [1.29, 1.82) is 0 Å². The molecular weight excluding hydrogens is 214 g/mol. The summed E-state index contributed by atoms with van der Waals surface area (Å²) in [6.45, 7) is 1.01. The van der Waals surface area contributed by atoms with Crippen LogP contribution in [0.25, 0.3) is 11.3 Å². The fourth-order valence-electron chi connectivity index (χ4n) is 2.52. The summed E-state index contributed by atoms with van der Waals surface area (Å²) in [5, 5.41) is 4.64. The fraction of sp³-hybridized carbons (Fsp3) is 0.308. The molecule has 1 aliphatic rings. The summed E-state index contributed by atoms with van der Waals surface area (Å²) < 4.78 is 15.0. The van der Waals surface area contributed by atoms with Gasteiger partial charge in [-0.25, -0.2) is 4.39 Å². The molecule has 0 radical (unpaired) electrons. The largest absolute Gasteiger partial charge is 0.270 e. The van der Waals surface area contributed by atoms with E-state index >= 15 is 0 Å². The van der Waals surface area contributed by atoms with Crippen molar-refractivity contribution in [1.82, 2.24) is 9.78 Å². The molecule has 17 heavy (non-hydrogen) atoms. The Hall–Kier alpha value is -1.58. The molecule has 0 spiro atoms. The van der Waals surface area contributed by atoms with Gasteiger partial charge >= 0.3 is 0 Å². The Morgan fingerprint density at radius 1 is 1.18 bits per heavy atom. The second-order valence-corrected chi connectivity index (χ2v) is 4.61. The smallest absolute Gasteiger partial charge is 0.144 e. The number of nitrogens with zero attached hydrogens (tertiary/aromatic N) is 2. The van der Waals surface area contributed by atoms with E-state index in [2.05, 4.69) is 17.6 Å². The molecule has 3 rings (SSSR count). The van der Waals surface area contributed by atoms with Crippen LogP contribution in [0.5, 0.6) is 0 Å². The van der Waals surface area contributed by atoms with Gasteiger partial charge in [0.2, 0.25) is 0 Å². The molecule has 1 aliphatic heterocycles. The highest BCUT2D eigenvalue weighted by Crippen LogP contribution is 2.20. The quantitative estimate of drug-likeness (QED) is 0.672. The van der Waals surface area contributed by atoms with Gasteiger partial charge in [-0.2, -0.15) is 5.10 Å². The SMILES string of the molecule is Bc1c(-c2ccc(F)cc2)nn2c1CCCC2. The fourth-order valence-corrected chi connectivity index (χ4v) is 2.52. The monoisotopic (exact) mass is 228 g/mol. The molecule has 86 valence electrons. The highest BCUT2D eigenvalue weighted by Gasteiger charge is 2.17. The van der Waals surface area contributed by atoms with Gasteiger partial charge in [-0.1, -0.05) is 0 Å². The second-order valence-electron chi connectivity index (χ2n) is 4.61. The highest BCUT2D eigenvalue weighted by molar-refractivity contribution is 6.36. The van der Waals surface area contributed by atoms with Gasteiger partial charge in [-0.15, -0.1) is 0 Å². The van der Waals surface area contributed by atoms with Crippen LogP contribution in [0.4, 0.5) is 4.39 Å². The first-order chi connectivity index (χ1) is 8.25. The number of benzene rings is 1. The summed E-state index contributed by atoms with van der Waals surface area (Å²) in [6, 6.07) is 6.59. The number of hydrogen-bond donors (Lipinski definition) is 0. The zero-order chi connectivity index (χ0) is 11.8. The van der Waals surface area contributed by atoms with E-state index in [0.29, 0.717) is 0 Å². The van der Waals surface area contributed by atoms with Crippen molar-refractivity contribution in [2.75, 3.05) is 0 Å². The Bertz CT molecular complexity index is 545. The minimum absolute atomic E-state index is 0.199. The molecule has 0 atom stereocenters. The Labute approximate surface area is 101 Å². The first-order valence-corrected chi connectivity index (χ1v) is 6.08. The average Bonchev–Trinajstić information content (AvgIpc) is 2.69. The molecule has 2 aromatic rings. The van der Waals surface area contributed by atoms with E-state index < -0.39 is 0 Å². The van der Waals surface area contributed by atoms with Crippen LogP contribution >= 0.6 is 0 Å². The molecule has 0 saturated carbocycles. The lowest BCUT2D eigenvalue weighted by Gasteiger charge is -2.13. The molecule has 0 aliphatic carbocycles. The maximum absolute atomic E-state index is 12.9. The molecule has 0 unspecified atom stereocenters. The standard InChI is InChI=1S/C13H14BFN2/c14-12-11-3-1-2-8-17(11)16-13(12)9-4-6-10(15)7-5-9/h4-7H,1-3,8,14H2. The third-order valence-electron chi connectivity index (χ3n) is 3.47. The van der Waals surface area contributed by atoms with Crippen LogP contribution in [0.2, 0.25) is 0 Å². The Balaban J connectivity index is 2.09. The van der Waals surface area contributed by atoms with Crippen LogP contribution in [0, 0.1) is 5.82 Å². The molecule has 2 heterocycles. The van der Waals surface area contributed by atoms with Crippen molar-refractivity contribution in [3.05, 3.63) is 35.8 Å². The number of aryl methyl sites for hydroxylation is 1. The molecule has 2 nitrogen and oxygen atoms in total. The van der Waals surface area contributed by atoms with Gasteiger partial charge in [0.1, 0.15) is 13.7 Å². The lowest BCUT2D eigenvalue weighted by Crippen LogP contribution is -2.17. The van der Waals surface area contributed by atoms with Gasteiger partial charge in [0, 0.05) is 17.8 Å². The van der Waals surface area contributed by atoms with Crippen LogP contribution in [-0.4, -0.2) is 17.6 Å². The molecule has 1 aromatic heterocycles. The van der Waals surface area contributed by atoms with Crippen molar-refractivity contribution in [3.8, 4) is 11.3 Å². The van der Waals surface area contributed by atoms with Gasteiger partial charge in [0.05, 0.1) is 5.69 Å². The minimum Gasteiger partial charge on any atom is -0.270 e. The summed E-state index contributed by atoms with van der Waals surface area (Å²) in [5.41, 5.74) is 4.60. The molecular formula is C13H14BFN2. The molecule has 4 heteroatoms. The minimum atomic E-state index is -0.199. The number of hydrogen-bond acceptors (Lipinski definition) is 1. The maximum atomic E-state index is 12.9. The molecule has 0 bridgehead atoms. The lowest BCUT2D eigenvalue weighted by atomic mass is 9.88. The van der Waals surface area contributed by atoms with E-state index in [1.54, 1.807) is 12.1 Å². The Kier molecular flexibility index (Phi) is 2.50. The summed E-state index contributed by atoms with van der Waals surface area (Å²) >= 11 is 0. The van der Waals surface area contributed by atoms with Gasteiger partial charge in [0.25, 0.3) is 0 Å². The van der Waals surface area contributed by atoms with Crippen molar-refractivity contribution in [3.63, 3.8) is 0 Å². The maximum Gasteiger partial charge on any atom is 0.144 e. The topological polar surface area (TPSA) is 17.8 Å². The normalized spacial score (nSPS) is 14.6. The zero-order valence-electron chi connectivity index (χ0n) is 9.91. The van der Waals surface area contributed by atoms with Crippen molar-refractivity contribution < 1.29 is 4.39 Å². The highest BCUT2D eigenvalue weighted by atomic mass is 19.1. The van der Waals surface area contributed by atoms with E-state index in [4.69, 9.17) is 0 Å². The van der Waals surface area contributed by atoms with E-state index in [0.717, 1.165) is 24.2 Å². The van der Waals surface area contributed by atoms with Gasteiger partial charge in [-0.05, 0) is 49.0 Å². The van der Waals surface area contributed by atoms with Crippen LogP contribution in [-0.2, 0) is 13.0 Å². The third kappa shape index (κ3) is 1.77. The summed E-state index contributed by atoms with van der Waals surface area (Å²) in [5.74, 6) is -0.199. The second kappa shape index (κ2) is 4.02. The predicted molar refractivity (Wildman–Crippen MR) is 68.7 cm³/mol. The Morgan fingerprint density at radius 3 is 2.65 bits per heavy atom. The van der Waals surface area contributed by atoms with Crippen LogP contribution in [0.3, 0.4) is 0 Å². The van der Waals surface area contributed by atoms with Crippen molar-refractivity contribution in [2.24, 2.45) is 0 Å². The lowest BCUT2D eigenvalue weighted by molar-refractivity contribution is 0.488. The summed E-state index contributed by atoms with van der Waals surface area (Å²) in [4.78, 5) is 0. The first-order valence-electron chi connectivity index (χ1n) is 6.08. The van der Waals surface area contributed by atoms with Crippen LogP contribution < -0.4 is 5.46 Å². The van der Waals surface area contributed by atoms with E-state index in [1.807, 2.05) is 0 Å². The van der Waals surface area contributed by atoms with Crippen LogP contribution in [0.15, 0.2) is 24.3 Å². The zero-order valence-corrected chi connectivity index (χ0v) is 9.91. The average molecular weight is 228 g/mol. The number of rotatable bonds is 1. The van der Waals surface area contributed by atoms with Crippen LogP contribution in [0.1, 0.15) is 18.5 Å². The Morgan fingerprint density at radius 2 is 1.94 bits per heavy atom. The molecule has 0 amide bonds. The molecule has 0 fully saturated rings. The van der Waals surface area contributed by atoms with Crippen molar-refractivity contribution in [2.45, 2.75) is 25.8 Å². The molecule has 0 saturated heterocycles. The van der Waals surface area contributed by atoms with E-state index in [1.165, 1.54) is 36.1 Å².